The number of amides is 2. The van der Waals surface area contributed by atoms with Crippen LogP contribution in [0.3, 0.4) is 0 Å². The van der Waals surface area contributed by atoms with Gasteiger partial charge in [-0.15, -0.1) is 0 Å². The number of nitrogens with zero attached hydrogens (tertiary/aromatic N) is 1. The van der Waals surface area contributed by atoms with Crippen LogP contribution in [-0.4, -0.2) is 38.3 Å². The Morgan fingerprint density at radius 3 is 2.62 bits per heavy atom. The van der Waals surface area contributed by atoms with Crippen LogP contribution < -0.4 is 10.6 Å². The van der Waals surface area contributed by atoms with E-state index in [0.717, 1.165) is 35.9 Å². The Hall–Kier alpha value is -3.34. The van der Waals surface area contributed by atoms with E-state index in [9.17, 15) is 23.2 Å². The molecule has 1 aromatic carbocycles. The van der Waals surface area contributed by atoms with Crippen molar-refractivity contribution in [2.45, 2.75) is 44.2 Å². The Kier molecular flexibility index (Phi) is 5.19. The lowest BCUT2D eigenvalue weighted by Gasteiger charge is -2.16. The summed E-state index contributed by atoms with van der Waals surface area (Å²) < 4.78 is 28.6. The Morgan fingerprint density at radius 2 is 1.97 bits per heavy atom. The molecule has 5 rings (SSSR count). The third-order valence-corrected chi connectivity index (χ3v) is 7.51. The minimum absolute atomic E-state index is 0.0657. The Balaban J connectivity index is 1.44. The van der Waals surface area contributed by atoms with E-state index >= 15 is 0 Å². The maximum Gasteiger partial charge on any atom is 0.293 e. The fourth-order valence-electron chi connectivity index (χ4n) is 4.79. The molecule has 4 N–H and O–H groups in total. The summed E-state index contributed by atoms with van der Waals surface area (Å²) in [6.07, 6.45) is 2.48. The van der Waals surface area contributed by atoms with Crippen LogP contribution in [0.2, 0.25) is 0 Å². The zero-order chi connectivity index (χ0) is 24.4. The second-order valence-electron chi connectivity index (χ2n) is 8.95. The summed E-state index contributed by atoms with van der Waals surface area (Å²) in [5.41, 5.74) is 1.56. The highest BCUT2D eigenvalue weighted by atomic mass is 32.2. The number of carbonyl (C=O) groups is 3. The minimum Gasteiger partial charge on any atom is -0.338 e. The number of ketones is 1. The minimum atomic E-state index is -1.09. The van der Waals surface area contributed by atoms with Crippen LogP contribution in [0.4, 0.5) is 14.5 Å². The van der Waals surface area contributed by atoms with E-state index in [1.807, 2.05) is 0 Å². The first kappa shape index (κ1) is 22.5. The van der Waals surface area contributed by atoms with Gasteiger partial charge in [0.25, 0.3) is 17.6 Å². The summed E-state index contributed by atoms with van der Waals surface area (Å²) in [4.78, 5) is 39.3. The van der Waals surface area contributed by atoms with Crippen LogP contribution in [0.1, 0.15) is 57.4 Å². The summed E-state index contributed by atoms with van der Waals surface area (Å²) in [6, 6.07) is 3.11. The molecule has 2 aromatic rings. The fraction of sp³-hybridized carbons (Fsp3) is 0.348. The molecule has 2 aliphatic carbocycles. The molecule has 2 saturated carbocycles. The highest BCUT2D eigenvalue weighted by Gasteiger charge is 2.52. The van der Waals surface area contributed by atoms with E-state index in [1.165, 1.54) is 6.07 Å². The molecule has 34 heavy (non-hydrogen) atoms. The first-order chi connectivity index (χ1) is 16.2. The van der Waals surface area contributed by atoms with E-state index in [1.54, 1.807) is 11.5 Å². The van der Waals surface area contributed by atoms with Crippen molar-refractivity contribution < 1.29 is 23.2 Å². The van der Waals surface area contributed by atoms with Crippen LogP contribution in [-0.2, 0) is 11.2 Å². The van der Waals surface area contributed by atoms with Crippen LogP contribution in [0.15, 0.2) is 18.2 Å². The lowest BCUT2D eigenvalue weighted by molar-refractivity contribution is -0.117. The second kappa shape index (κ2) is 7.86. The average molecular weight is 486 g/mol. The lowest BCUT2D eigenvalue weighted by Crippen LogP contribution is -2.45. The molecular formula is C23H21F2N5O3S. The SMILES string of the molecule is Cc1c(C(=O)C(=O)NC2(C(=N)SC=N)CC2)c2n(c1C(=O)Nc1ccc(F)c(F)c1)C1CC1C2. The number of halogens is 2. The van der Waals surface area contributed by atoms with Crippen LogP contribution in [0.5, 0.6) is 0 Å². The third kappa shape index (κ3) is 3.54. The molecule has 0 saturated heterocycles. The number of benzene rings is 1. The molecular weight excluding hydrogens is 464 g/mol. The molecule has 11 heteroatoms. The van der Waals surface area contributed by atoms with E-state index in [2.05, 4.69) is 10.6 Å². The molecule has 0 spiro atoms. The number of aromatic nitrogens is 1. The van der Waals surface area contributed by atoms with E-state index in [0.29, 0.717) is 36.4 Å². The van der Waals surface area contributed by atoms with Crippen molar-refractivity contribution in [3.8, 4) is 0 Å². The number of Topliss-reactive ketones (excluding diaryl/α,β-unsaturated/α-hetero) is 1. The Labute approximate surface area is 197 Å². The molecule has 2 fully saturated rings. The number of thioether (sulfide) groups is 1. The van der Waals surface area contributed by atoms with Crippen molar-refractivity contribution in [3.05, 3.63) is 52.3 Å². The number of carbonyl (C=O) groups excluding carboxylic acids is 3. The normalized spacial score (nSPS) is 20.7. The van der Waals surface area contributed by atoms with Crippen molar-refractivity contribution in [1.82, 2.24) is 9.88 Å². The van der Waals surface area contributed by atoms with Crippen molar-refractivity contribution in [1.29, 1.82) is 10.8 Å². The maximum atomic E-state index is 13.6. The molecule has 2 heterocycles. The molecule has 2 atom stereocenters. The summed E-state index contributed by atoms with van der Waals surface area (Å²) >= 11 is 0.882. The van der Waals surface area contributed by atoms with Gasteiger partial charge >= 0.3 is 0 Å². The zero-order valence-corrected chi connectivity index (χ0v) is 18.9. The van der Waals surface area contributed by atoms with Crippen LogP contribution in [0, 0.1) is 35.3 Å². The van der Waals surface area contributed by atoms with Gasteiger partial charge in [0.15, 0.2) is 11.6 Å². The molecule has 3 aliphatic rings. The predicted octanol–water partition coefficient (Wildman–Crippen LogP) is 3.59. The Bertz CT molecular complexity index is 1300. The summed E-state index contributed by atoms with van der Waals surface area (Å²) in [5, 5.41) is 20.6. The van der Waals surface area contributed by atoms with Gasteiger partial charge in [-0.2, -0.15) is 0 Å². The summed E-state index contributed by atoms with van der Waals surface area (Å²) in [7, 11) is 0. The molecule has 1 aromatic heterocycles. The van der Waals surface area contributed by atoms with E-state index in [-0.39, 0.29) is 28.0 Å². The summed E-state index contributed by atoms with van der Waals surface area (Å²) in [6.45, 7) is 1.60. The fourth-order valence-corrected chi connectivity index (χ4v) is 5.39. The van der Waals surface area contributed by atoms with Gasteiger partial charge in [0.05, 0.1) is 21.7 Å². The highest BCUT2D eigenvalue weighted by Crippen LogP contribution is 2.54. The van der Waals surface area contributed by atoms with Gasteiger partial charge in [-0.25, -0.2) is 8.78 Å². The van der Waals surface area contributed by atoms with Gasteiger partial charge in [-0.05, 0) is 56.2 Å². The molecule has 2 amide bonds. The zero-order valence-electron chi connectivity index (χ0n) is 18.1. The quantitative estimate of drug-likeness (QED) is 0.207. The van der Waals surface area contributed by atoms with E-state index in [4.69, 9.17) is 10.8 Å². The first-order valence-corrected chi connectivity index (χ1v) is 11.7. The van der Waals surface area contributed by atoms with E-state index < -0.39 is 34.8 Å². The van der Waals surface area contributed by atoms with Gasteiger partial charge in [-0.1, -0.05) is 11.8 Å². The molecule has 176 valence electrons. The number of anilines is 1. The lowest BCUT2D eigenvalue weighted by atomic mass is 10.0. The van der Waals surface area contributed by atoms with Crippen LogP contribution >= 0.6 is 11.8 Å². The number of nitrogens with one attached hydrogen (secondary N) is 4. The maximum absolute atomic E-state index is 13.6. The molecule has 2 unspecified atom stereocenters. The number of hydrogen-bond donors (Lipinski definition) is 4. The topological polar surface area (TPSA) is 128 Å². The van der Waals surface area contributed by atoms with Crippen molar-refractivity contribution in [2.24, 2.45) is 5.92 Å². The number of hydrogen-bond acceptors (Lipinski definition) is 6. The van der Waals surface area contributed by atoms with Gasteiger partial charge in [0.1, 0.15) is 5.69 Å². The Morgan fingerprint density at radius 1 is 1.24 bits per heavy atom. The smallest absolute Gasteiger partial charge is 0.293 e. The number of rotatable bonds is 7. The van der Waals surface area contributed by atoms with Crippen LogP contribution in [0.25, 0.3) is 0 Å². The van der Waals surface area contributed by atoms with Gasteiger partial charge in [-0.3, -0.25) is 19.8 Å². The standard InChI is InChI=1S/C23H21F2N5O3S/c1-10-17(19(31)21(33)29-23(4-5-23)22(27)34-9-26)16-7-11-6-15(11)30(16)18(10)20(32)28-12-2-3-13(24)14(25)8-12/h2-3,8-9,11,15,26-27H,4-7H2,1H3,(H,28,32)(H,29,33). The number of fused-ring (bicyclic) bond motifs is 3. The third-order valence-electron chi connectivity index (χ3n) is 6.76. The monoisotopic (exact) mass is 485 g/mol. The molecule has 1 aliphatic heterocycles. The van der Waals surface area contributed by atoms with Crippen molar-refractivity contribution in [2.75, 3.05) is 5.32 Å². The second-order valence-corrected chi connectivity index (χ2v) is 9.83. The predicted molar refractivity (Wildman–Crippen MR) is 123 cm³/mol. The first-order valence-electron chi connectivity index (χ1n) is 10.8. The largest absolute Gasteiger partial charge is 0.338 e. The highest BCUT2D eigenvalue weighted by molar-refractivity contribution is 8.25. The van der Waals surface area contributed by atoms with Gasteiger partial charge in [0.2, 0.25) is 0 Å². The average Bonchev–Trinajstić information content (AvgIpc) is 3.68. The molecule has 0 radical (unpaired) electrons. The van der Waals surface area contributed by atoms with Crippen molar-refractivity contribution >= 4 is 45.6 Å². The summed E-state index contributed by atoms with van der Waals surface area (Å²) in [5.74, 6) is -4.01. The van der Waals surface area contributed by atoms with Gasteiger partial charge in [0, 0.05) is 23.5 Å². The van der Waals surface area contributed by atoms with Gasteiger partial charge < -0.3 is 20.6 Å². The van der Waals surface area contributed by atoms with Crippen molar-refractivity contribution in [3.63, 3.8) is 0 Å². The molecule has 0 bridgehead atoms. The molecule has 8 nitrogen and oxygen atoms in total.